The lowest BCUT2D eigenvalue weighted by molar-refractivity contribution is -0.117. The predicted octanol–water partition coefficient (Wildman–Crippen LogP) is 1.23. The molecule has 1 rings (SSSR count). The second-order valence-electron chi connectivity index (χ2n) is 2.84. The fourth-order valence-electron chi connectivity index (χ4n) is 1.03. The van der Waals surface area contributed by atoms with Crippen LogP contribution in [0.25, 0.3) is 0 Å². The van der Waals surface area contributed by atoms with Crippen LogP contribution in [0.3, 0.4) is 0 Å². The first-order valence-electron chi connectivity index (χ1n) is 3.73. The number of aromatic nitrogens is 1. The smallest absolute Gasteiger partial charge is 0.182 e. The van der Waals surface area contributed by atoms with Crippen molar-refractivity contribution in [3.8, 4) is 0 Å². The van der Waals surface area contributed by atoms with Crippen LogP contribution in [0.15, 0.2) is 0 Å². The molecule has 0 radical (unpaired) electrons. The molecule has 0 fully saturated rings. The van der Waals surface area contributed by atoms with Crippen LogP contribution < -0.4 is 4.80 Å². The molecule has 3 nitrogen and oxygen atoms in total. The van der Waals surface area contributed by atoms with Gasteiger partial charge in [0.05, 0.1) is 6.54 Å². The van der Waals surface area contributed by atoms with Gasteiger partial charge in [0.2, 0.25) is 0 Å². The van der Waals surface area contributed by atoms with Crippen LogP contribution in [0.4, 0.5) is 0 Å². The quantitative estimate of drug-likeness (QED) is 0.738. The highest BCUT2D eigenvalue weighted by Gasteiger charge is 2.05. The van der Waals surface area contributed by atoms with E-state index in [9.17, 15) is 4.79 Å². The van der Waals surface area contributed by atoms with E-state index in [1.54, 1.807) is 11.5 Å². The zero-order chi connectivity index (χ0) is 9.30. The van der Waals surface area contributed by atoms with E-state index in [-0.39, 0.29) is 5.78 Å². The molecule has 1 aromatic rings. The standard InChI is InChI=1S/C8H12N2OS/c1-5(11)4-10-6(2)7(3)12-8(10)9/h9H,4H2,1-3H3. The summed E-state index contributed by atoms with van der Waals surface area (Å²) in [4.78, 5) is 12.4. The van der Waals surface area contributed by atoms with Gasteiger partial charge in [-0.2, -0.15) is 0 Å². The number of nitrogens with one attached hydrogen (secondary N) is 1. The second kappa shape index (κ2) is 3.23. The summed E-state index contributed by atoms with van der Waals surface area (Å²) in [5.74, 6) is 0.0920. The van der Waals surface area contributed by atoms with E-state index in [1.165, 1.54) is 11.3 Å². The van der Waals surface area contributed by atoms with Crippen LogP contribution in [0.2, 0.25) is 0 Å². The van der Waals surface area contributed by atoms with Gasteiger partial charge in [0.1, 0.15) is 5.78 Å². The van der Waals surface area contributed by atoms with Gasteiger partial charge in [-0.1, -0.05) is 0 Å². The Morgan fingerprint density at radius 2 is 2.17 bits per heavy atom. The maximum absolute atomic E-state index is 10.8. The summed E-state index contributed by atoms with van der Waals surface area (Å²) >= 11 is 1.42. The van der Waals surface area contributed by atoms with Crippen molar-refractivity contribution < 1.29 is 4.79 Å². The SMILES string of the molecule is CC(=O)Cn1c(C)c(C)sc1=N. The summed E-state index contributed by atoms with van der Waals surface area (Å²) in [5, 5.41) is 7.56. The number of hydrogen-bond donors (Lipinski definition) is 1. The summed E-state index contributed by atoms with van der Waals surface area (Å²) < 4.78 is 1.74. The predicted molar refractivity (Wildman–Crippen MR) is 48.3 cm³/mol. The molecule has 0 aliphatic heterocycles. The van der Waals surface area contributed by atoms with Crippen molar-refractivity contribution in [2.45, 2.75) is 27.3 Å². The monoisotopic (exact) mass is 184 g/mol. The Bertz CT molecular complexity index is 362. The molecule has 0 bridgehead atoms. The molecule has 0 atom stereocenters. The lowest BCUT2D eigenvalue weighted by atomic mass is 10.4. The molecule has 4 heteroatoms. The number of thiazole rings is 1. The Hall–Kier alpha value is -0.900. The molecule has 66 valence electrons. The Morgan fingerprint density at radius 1 is 1.58 bits per heavy atom. The van der Waals surface area contributed by atoms with Gasteiger partial charge in [0.15, 0.2) is 4.80 Å². The topological polar surface area (TPSA) is 45.9 Å². The van der Waals surface area contributed by atoms with E-state index in [0.717, 1.165) is 10.6 Å². The zero-order valence-corrected chi connectivity index (χ0v) is 8.29. The van der Waals surface area contributed by atoms with Crippen LogP contribution >= 0.6 is 11.3 Å². The largest absolute Gasteiger partial charge is 0.314 e. The Kier molecular flexibility index (Phi) is 2.47. The average Bonchev–Trinajstić information content (AvgIpc) is 2.16. The minimum atomic E-state index is 0.0920. The third kappa shape index (κ3) is 1.64. The third-order valence-electron chi connectivity index (χ3n) is 1.79. The maximum Gasteiger partial charge on any atom is 0.182 e. The maximum atomic E-state index is 10.8. The van der Waals surface area contributed by atoms with E-state index >= 15 is 0 Å². The molecule has 0 unspecified atom stereocenters. The minimum absolute atomic E-state index is 0.0920. The Balaban J connectivity index is 3.14. The van der Waals surface area contributed by atoms with Crippen LogP contribution in [0, 0.1) is 19.3 Å². The molecule has 0 spiro atoms. The van der Waals surface area contributed by atoms with Crippen LogP contribution in [0.5, 0.6) is 0 Å². The molecule has 12 heavy (non-hydrogen) atoms. The lowest BCUT2D eigenvalue weighted by Crippen LogP contribution is -2.18. The van der Waals surface area contributed by atoms with Gasteiger partial charge >= 0.3 is 0 Å². The molecule has 0 aliphatic rings. The van der Waals surface area contributed by atoms with Crippen LogP contribution in [-0.2, 0) is 11.3 Å². The zero-order valence-electron chi connectivity index (χ0n) is 7.47. The molecular weight excluding hydrogens is 172 g/mol. The summed E-state index contributed by atoms with van der Waals surface area (Å²) in [5.41, 5.74) is 1.03. The number of rotatable bonds is 2. The van der Waals surface area contributed by atoms with Crippen molar-refractivity contribution in [2.75, 3.05) is 0 Å². The van der Waals surface area contributed by atoms with E-state index in [2.05, 4.69) is 0 Å². The Labute approximate surface area is 75.2 Å². The number of Topliss-reactive ketones (excluding diaryl/α,β-unsaturated/α-hetero) is 1. The minimum Gasteiger partial charge on any atom is -0.314 e. The third-order valence-corrected chi connectivity index (χ3v) is 2.81. The number of ketones is 1. The van der Waals surface area contributed by atoms with Gasteiger partial charge in [0.25, 0.3) is 0 Å². The normalized spacial score (nSPS) is 10.2. The second-order valence-corrected chi connectivity index (χ2v) is 4.04. The average molecular weight is 184 g/mol. The molecule has 0 saturated carbocycles. The van der Waals surface area contributed by atoms with Crippen LogP contribution in [-0.4, -0.2) is 10.4 Å². The first kappa shape index (κ1) is 9.19. The van der Waals surface area contributed by atoms with Crippen molar-refractivity contribution in [3.63, 3.8) is 0 Å². The van der Waals surface area contributed by atoms with Gasteiger partial charge < -0.3 is 4.57 Å². The number of carbonyl (C=O) groups is 1. The first-order valence-corrected chi connectivity index (χ1v) is 4.55. The van der Waals surface area contributed by atoms with Gasteiger partial charge in [0, 0.05) is 10.6 Å². The van der Waals surface area contributed by atoms with Crippen LogP contribution in [0.1, 0.15) is 17.5 Å². The molecule has 0 amide bonds. The number of carbonyl (C=O) groups excluding carboxylic acids is 1. The van der Waals surface area contributed by atoms with E-state index in [1.807, 2.05) is 13.8 Å². The van der Waals surface area contributed by atoms with Crippen molar-refractivity contribution in [1.82, 2.24) is 4.57 Å². The first-order chi connectivity index (χ1) is 5.52. The molecule has 1 N–H and O–H groups in total. The van der Waals surface area contributed by atoms with Gasteiger partial charge in [-0.25, -0.2) is 0 Å². The summed E-state index contributed by atoms with van der Waals surface area (Å²) in [6.45, 7) is 5.77. The highest BCUT2D eigenvalue weighted by molar-refractivity contribution is 7.09. The highest BCUT2D eigenvalue weighted by Crippen LogP contribution is 2.08. The van der Waals surface area contributed by atoms with Crippen molar-refractivity contribution >= 4 is 17.1 Å². The summed E-state index contributed by atoms with van der Waals surface area (Å²) in [7, 11) is 0. The number of nitrogens with zero attached hydrogens (tertiary/aromatic N) is 1. The van der Waals surface area contributed by atoms with Gasteiger partial charge in [-0.15, -0.1) is 11.3 Å². The van der Waals surface area contributed by atoms with E-state index in [4.69, 9.17) is 5.41 Å². The lowest BCUT2D eigenvalue weighted by Gasteiger charge is -2.01. The number of aryl methyl sites for hydroxylation is 1. The highest BCUT2D eigenvalue weighted by atomic mass is 32.1. The summed E-state index contributed by atoms with van der Waals surface area (Å²) in [6.07, 6.45) is 0. The van der Waals surface area contributed by atoms with E-state index in [0.29, 0.717) is 11.3 Å². The molecule has 1 heterocycles. The fraction of sp³-hybridized carbons (Fsp3) is 0.500. The molecule has 1 aromatic heterocycles. The van der Waals surface area contributed by atoms with Gasteiger partial charge in [-0.05, 0) is 20.8 Å². The van der Waals surface area contributed by atoms with E-state index < -0.39 is 0 Å². The molecule has 0 aromatic carbocycles. The number of hydrogen-bond acceptors (Lipinski definition) is 3. The molecular formula is C8H12N2OS. The van der Waals surface area contributed by atoms with Gasteiger partial charge in [-0.3, -0.25) is 10.2 Å². The Morgan fingerprint density at radius 3 is 2.50 bits per heavy atom. The molecule has 0 aliphatic carbocycles. The molecule has 0 saturated heterocycles. The summed E-state index contributed by atoms with van der Waals surface area (Å²) in [6, 6.07) is 0. The van der Waals surface area contributed by atoms with Crippen molar-refractivity contribution in [2.24, 2.45) is 0 Å². The fourth-order valence-corrected chi connectivity index (χ4v) is 1.89. The van der Waals surface area contributed by atoms with Crippen molar-refractivity contribution in [1.29, 1.82) is 5.41 Å². The van der Waals surface area contributed by atoms with Crippen molar-refractivity contribution in [3.05, 3.63) is 15.4 Å².